The zero-order chi connectivity index (χ0) is 15.7. The maximum Gasteiger partial charge on any atom is 0.130 e. The zero-order valence-corrected chi connectivity index (χ0v) is 14.0. The summed E-state index contributed by atoms with van der Waals surface area (Å²) >= 11 is 1.66. The van der Waals surface area contributed by atoms with E-state index in [1.807, 2.05) is 24.4 Å². The van der Waals surface area contributed by atoms with Crippen LogP contribution in [0.15, 0.2) is 41.9 Å². The SMILES string of the molecule is Cc1cc(C)c(C2=CSC(N)N2Cc2ccccn2)c(C)c1. The van der Waals surface area contributed by atoms with Crippen LogP contribution in [0.25, 0.3) is 5.70 Å². The second-order valence-electron chi connectivity index (χ2n) is 5.75. The Labute approximate surface area is 136 Å². The van der Waals surface area contributed by atoms with Crippen molar-refractivity contribution in [3.63, 3.8) is 0 Å². The van der Waals surface area contributed by atoms with Crippen molar-refractivity contribution in [1.82, 2.24) is 9.88 Å². The Morgan fingerprint density at radius 2 is 1.91 bits per heavy atom. The maximum absolute atomic E-state index is 6.29. The Morgan fingerprint density at radius 3 is 2.55 bits per heavy atom. The van der Waals surface area contributed by atoms with Crippen LogP contribution in [0, 0.1) is 20.8 Å². The molecule has 0 fully saturated rings. The lowest BCUT2D eigenvalue weighted by molar-refractivity contribution is 0.375. The number of aryl methyl sites for hydroxylation is 3. The largest absolute Gasteiger partial charge is 0.340 e. The van der Waals surface area contributed by atoms with Crippen LogP contribution in [0.5, 0.6) is 0 Å². The highest BCUT2D eigenvalue weighted by molar-refractivity contribution is 8.03. The molecular formula is C18H21N3S. The van der Waals surface area contributed by atoms with Crippen molar-refractivity contribution >= 4 is 17.5 Å². The summed E-state index contributed by atoms with van der Waals surface area (Å²) in [7, 11) is 0. The normalized spacial score (nSPS) is 17.7. The molecule has 114 valence electrons. The highest BCUT2D eigenvalue weighted by atomic mass is 32.2. The van der Waals surface area contributed by atoms with Gasteiger partial charge < -0.3 is 10.6 Å². The summed E-state index contributed by atoms with van der Waals surface area (Å²) in [5.74, 6) is 0. The third-order valence-electron chi connectivity index (χ3n) is 3.93. The van der Waals surface area contributed by atoms with Gasteiger partial charge in [0.05, 0.1) is 17.9 Å². The van der Waals surface area contributed by atoms with Crippen molar-refractivity contribution in [3.8, 4) is 0 Å². The van der Waals surface area contributed by atoms with Crippen LogP contribution in [-0.2, 0) is 6.54 Å². The summed E-state index contributed by atoms with van der Waals surface area (Å²) in [6.07, 6.45) is 1.83. The lowest BCUT2D eigenvalue weighted by Gasteiger charge is -2.28. The highest BCUT2D eigenvalue weighted by Crippen LogP contribution is 2.38. The summed E-state index contributed by atoms with van der Waals surface area (Å²) in [4.78, 5) is 6.66. The summed E-state index contributed by atoms with van der Waals surface area (Å²) < 4.78 is 0. The fourth-order valence-electron chi connectivity index (χ4n) is 3.04. The van der Waals surface area contributed by atoms with Crippen molar-refractivity contribution in [2.24, 2.45) is 5.73 Å². The minimum atomic E-state index is -0.0582. The molecule has 1 atom stereocenters. The van der Waals surface area contributed by atoms with Gasteiger partial charge in [-0.1, -0.05) is 35.5 Å². The summed E-state index contributed by atoms with van der Waals surface area (Å²) in [5.41, 5.74) is 13.7. The van der Waals surface area contributed by atoms with Crippen LogP contribution >= 0.6 is 11.8 Å². The molecule has 0 radical (unpaired) electrons. The molecule has 1 aliphatic rings. The standard InChI is InChI=1S/C18H21N3S/c1-12-8-13(2)17(14(3)9-12)16-11-22-18(19)21(16)10-15-6-4-5-7-20-15/h4-9,11,18H,10,19H2,1-3H3. The Kier molecular flexibility index (Phi) is 4.23. The van der Waals surface area contributed by atoms with Crippen LogP contribution in [0.4, 0.5) is 0 Å². The number of hydrogen-bond acceptors (Lipinski definition) is 4. The topological polar surface area (TPSA) is 42.1 Å². The smallest absolute Gasteiger partial charge is 0.130 e. The number of hydrogen-bond donors (Lipinski definition) is 1. The number of aromatic nitrogens is 1. The van der Waals surface area contributed by atoms with Gasteiger partial charge in [0.1, 0.15) is 5.50 Å². The van der Waals surface area contributed by atoms with E-state index in [9.17, 15) is 0 Å². The van der Waals surface area contributed by atoms with E-state index in [-0.39, 0.29) is 5.50 Å². The van der Waals surface area contributed by atoms with Gasteiger partial charge >= 0.3 is 0 Å². The van der Waals surface area contributed by atoms with Gasteiger partial charge in [0.2, 0.25) is 0 Å². The molecule has 0 amide bonds. The van der Waals surface area contributed by atoms with Gasteiger partial charge in [-0.05, 0) is 49.4 Å². The van der Waals surface area contributed by atoms with E-state index in [4.69, 9.17) is 5.73 Å². The van der Waals surface area contributed by atoms with Crippen molar-refractivity contribution < 1.29 is 0 Å². The molecule has 1 aromatic heterocycles. The molecule has 4 heteroatoms. The highest BCUT2D eigenvalue weighted by Gasteiger charge is 2.27. The molecule has 22 heavy (non-hydrogen) atoms. The van der Waals surface area contributed by atoms with E-state index < -0.39 is 0 Å². The minimum Gasteiger partial charge on any atom is -0.340 e. The van der Waals surface area contributed by atoms with E-state index in [1.165, 1.54) is 28.0 Å². The predicted octanol–water partition coefficient (Wildman–Crippen LogP) is 3.80. The Hall–Kier alpha value is -1.78. The van der Waals surface area contributed by atoms with Crippen LogP contribution in [0.2, 0.25) is 0 Å². The van der Waals surface area contributed by atoms with E-state index in [1.54, 1.807) is 11.8 Å². The second kappa shape index (κ2) is 6.15. The maximum atomic E-state index is 6.29. The van der Waals surface area contributed by atoms with E-state index in [2.05, 4.69) is 48.2 Å². The fraction of sp³-hybridized carbons (Fsp3) is 0.278. The first kappa shape index (κ1) is 15.1. The molecule has 0 bridgehead atoms. The molecule has 3 nitrogen and oxygen atoms in total. The van der Waals surface area contributed by atoms with Gasteiger partial charge in [-0.25, -0.2) is 0 Å². The first-order chi connectivity index (χ1) is 10.6. The molecule has 3 rings (SSSR count). The first-order valence-corrected chi connectivity index (χ1v) is 8.36. The number of benzene rings is 1. The molecule has 0 saturated carbocycles. The van der Waals surface area contributed by atoms with Crippen LogP contribution in [0.3, 0.4) is 0 Å². The van der Waals surface area contributed by atoms with Crippen molar-refractivity contribution in [2.75, 3.05) is 0 Å². The van der Waals surface area contributed by atoms with E-state index in [0.717, 1.165) is 12.2 Å². The lowest BCUT2D eigenvalue weighted by atomic mass is 9.97. The summed E-state index contributed by atoms with van der Waals surface area (Å²) in [5, 5.41) is 2.18. The van der Waals surface area contributed by atoms with Crippen molar-refractivity contribution in [1.29, 1.82) is 0 Å². The number of rotatable bonds is 3. The second-order valence-corrected chi connectivity index (χ2v) is 6.74. The molecule has 0 aliphatic carbocycles. The molecule has 2 N–H and O–H groups in total. The minimum absolute atomic E-state index is 0.0582. The molecule has 2 heterocycles. The lowest BCUT2D eigenvalue weighted by Crippen LogP contribution is -2.34. The molecule has 1 aromatic carbocycles. The van der Waals surface area contributed by atoms with Gasteiger partial charge in [0.15, 0.2) is 0 Å². The molecule has 2 aromatic rings. The van der Waals surface area contributed by atoms with E-state index >= 15 is 0 Å². The van der Waals surface area contributed by atoms with E-state index in [0.29, 0.717) is 0 Å². The Balaban J connectivity index is 1.96. The average Bonchev–Trinajstić information content (AvgIpc) is 2.81. The summed E-state index contributed by atoms with van der Waals surface area (Å²) in [6, 6.07) is 10.5. The third kappa shape index (κ3) is 2.89. The number of pyridine rings is 1. The quantitative estimate of drug-likeness (QED) is 0.936. The molecule has 0 saturated heterocycles. The zero-order valence-electron chi connectivity index (χ0n) is 13.2. The van der Waals surface area contributed by atoms with Gasteiger partial charge in [-0.3, -0.25) is 4.98 Å². The summed E-state index contributed by atoms with van der Waals surface area (Å²) in [6.45, 7) is 7.21. The van der Waals surface area contributed by atoms with Gasteiger partial charge in [-0.2, -0.15) is 0 Å². The van der Waals surface area contributed by atoms with Crippen molar-refractivity contribution in [3.05, 3.63) is 69.9 Å². The monoisotopic (exact) mass is 311 g/mol. The van der Waals surface area contributed by atoms with Gasteiger partial charge in [-0.15, -0.1) is 0 Å². The van der Waals surface area contributed by atoms with Crippen LogP contribution in [-0.4, -0.2) is 15.4 Å². The number of thioether (sulfide) groups is 1. The Morgan fingerprint density at radius 1 is 1.18 bits per heavy atom. The molecule has 1 unspecified atom stereocenters. The molecule has 0 spiro atoms. The van der Waals surface area contributed by atoms with Crippen LogP contribution in [0.1, 0.15) is 27.9 Å². The van der Waals surface area contributed by atoms with Gasteiger partial charge in [0, 0.05) is 11.8 Å². The fourth-order valence-corrected chi connectivity index (χ4v) is 3.90. The van der Waals surface area contributed by atoms with Gasteiger partial charge in [0.25, 0.3) is 0 Å². The predicted molar refractivity (Wildman–Crippen MR) is 94.0 cm³/mol. The first-order valence-electron chi connectivity index (χ1n) is 7.42. The third-order valence-corrected chi connectivity index (χ3v) is 4.82. The van der Waals surface area contributed by atoms with Crippen LogP contribution < -0.4 is 5.73 Å². The Bertz CT molecular complexity index is 687. The van der Waals surface area contributed by atoms with Crippen molar-refractivity contribution in [2.45, 2.75) is 32.8 Å². The average molecular weight is 311 g/mol. The molecule has 1 aliphatic heterocycles. The molecular weight excluding hydrogens is 290 g/mol. The number of nitrogens with two attached hydrogens (primary N) is 1. The number of nitrogens with zero attached hydrogens (tertiary/aromatic N) is 2.